The van der Waals surface area contributed by atoms with Gasteiger partial charge in [-0.15, -0.1) is 0 Å². The third-order valence-corrected chi connectivity index (χ3v) is 4.42. The van der Waals surface area contributed by atoms with Gasteiger partial charge < -0.3 is 10.4 Å². The van der Waals surface area contributed by atoms with E-state index in [4.69, 9.17) is 16.7 Å². The molecule has 2 heterocycles. The van der Waals surface area contributed by atoms with Gasteiger partial charge in [-0.2, -0.15) is 10.2 Å². The number of nitrogens with zero attached hydrogens (tertiary/aromatic N) is 4. The molecule has 2 N–H and O–H groups in total. The highest BCUT2D eigenvalue weighted by Gasteiger charge is 2.13. The smallest absolute Gasteiger partial charge is 0.338 e. The number of carboxylic acid groups (broad SMARTS) is 1. The maximum absolute atomic E-state index is 14.0. The first kappa shape index (κ1) is 19.6. The lowest BCUT2D eigenvalue weighted by atomic mass is 10.2. The Morgan fingerprint density at radius 3 is 2.82 bits per heavy atom. The summed E-state index contributed by atoms with van der Waals surface area (Å²) >= 11 is 6.05. The number of hydrogen-bond acceptors (Lipinski definition) is 4. The van der Waals surface area contributed by atoms with E-state index < -0.39 is 11.8 Å². The highest BCUT2D eigenvalue weighted by atomic mass is 35.5. The van der Waals surface area contributed by atoms with Crippen molar-refractivity contribution in [3.63, 3.8) is 0 Å². The number of nitrogens with one attached hydrogen (secondary N) is 1. The number of carbonyl (C=O) groups is 2. The number of carbonyl (C=O) groups excluding carboxylic acids is 1. The zero-order valence-corrected chi connectivity index (χ0v) is 15.6. The van der Waals surface area contributed by atoms with Crippen LogP contribution in [0.5, 0.6) is 0 Å². The first-order valence-corrected chi connectivity index (χ1v) is 8.74. The van der Waals surface area contributed by atoms with E-state index in [1.807, 2.05) is 0 Å². The zero-order valence-electron chi connectivity index (χ0n) is 14.9. The quantitative estimate of drug-likeness (QED) is 0.629. The number of aromatic carboxylic acids is 1. The monoisotopic (exact) mass is 405 g/mol. The number of carboxylic acids is 1. The number of rotatable bonds is 7. The molecule has 0 fully saturated rings. The van der Waals surface area contributed by atoms with Crippen molar-refractivity contribution < 1.29 is 19.1 Å². The maximum atomic E-state index is 14.0. The average Bonchev–Trinajstić information content (AvgIpc) is 3.23. The summed E-state index contributed by atoms with van der Waals surface area (Å²) in [5, 5.41) is 20.0. The Labute approximate surface area is 164 Å². The number of amides is 1. The summed E-state index contributed by atoms with van der Waals surface area (Å²) in [4.78, 5) is 22.9. The second-order valence-electron chi connectivity index (χ2n) is 6.12. The lowest BCUT2D eigenvalue weighted by molar-refractivity contribution is -0.116. The van der Waals surface area contributed by atoms with Gasteiger partial charge >= 0.3 is 5.97 Å². The topological polar surface area (TPSA) is 102 Å². The van der Waals surface area contributed by atoms with Crippen molar-refractivity contribution in [2.75, 3.05) is 5.32 Å². The van der Waals surface area contributed by atoms with Crippen LogP contribution in [0.15, 0.2) is 36.7 Å². The summed E-state index contributed by atoms with van der Waals surface area (Å²) < 4.78 is 16.9. The molecule has 3 aromatic rings. The molecule has 0 saturated carbocycles. The molecule has 1 aromatic carbocycles. The van der Waals surface area contributed by atoms with Crippen molar-refractivity contribution in [2.24, 2.45) is 0 Å². The van der Waals surface area contributed by atoms with Gasteiger partial charge in [0.1, 0.15) is 5.82 Å². The number of hydrogen-bond donors (Lipinski definition) is 2. The summed E-state index contributed by atoms with van der Waals surface area (Å²) in [6.45, 7) is 2.15. The number of anilines is 1. The summed E-state index contributed by atoms with van der Waals surface area (Å²) in [5.41, 5.74) is 1.11. The molecular formula is C18H17ClFN5O3. The summed E-state index contributed by atoms with van der Waals surface area (Å²) in [6.07, 6.45) is 2.66. The first-order valence-electron chi connectivity index (χ1n) is 8.36. The second kappa shape index (κ2) is 8.22. The first-order chi connectivity index (χ1) is 13.3. The minimum atomic E-state index is -1.08. The molecule has 2 aromatic heterocycles. The fourth-order valence-corrected chi connectivity index (χ4v) is 2.80. The SMILES string of the molecule is Cc1cc(NC(=O)CCn2cc(C(=O)O)cn2)nn1Cc1c(F)cccc1Cl. The lowest BCUT2D eigenvalue weighted by Gasteiger charge is -2.07. The molecule has 0 aliphatic carbocycles. The normalized spacial score (nSPS) is 10.8. The molecule has 146 valence electrons. The van der Waals surface area contributed by atoms with Crippen LogP contribution in [0.2, 0.25) is 5.02 Å². The van der Waals surface area contributed by atoms with Gasteiger partial charge in [-0.1, -0.05) is 17.7 Å². The molecule has 28 heavy (non-hydrogen) atoms. The van der Waals surface area contributed by atoms with Crippen LogP contribution >= 0.6 is 11.6 Å². The molecule has 0 spiro atoms. The van der Waals surface area contributed by atoms with Crippen LogP contribution in [0, 0.1) is 12.7 Å². The molecule has 0 saturated heterocycles. The van der Waals surface area contributed by atoms with E-state index in [2.05, 4.69) is 15.5 Å². The predicted octanol–water partition coefficient (Wildman–Crippen LogP) is 2.96. The number of halogens is 2. The Morgan fingerprint density at radius 1 is 1.36 bits per heavy atom. The van der Waals surface area contributed by atoms with Crippen molar-refractivity contribution >= 4 is 29.3 Å². The summed E-state index contributed by atoms with van der Waals surface area (Å²) in [7, 11) is 0. The molecule has 0 atom stereocenters. The molecular weight excluding hydrogens is 389 g/mol. The van der Waals surface area contributed by atoms with Crippen LogP contribution in [0.1, 0.15) is 28.0 Å². The van der Waals surface area contributed by atoms with Gasteiger partial charge in [-0.3, -0.25) is 14.2 Å². The summed E-state index contributed by atoms with van der Waals surface area (Å²) in [5.74, 6) is -1.47. The van der Waals surface area contributed by atoms with Crippen molar-refractivity contribution in [2.45, 2.75) is 26.4 Å². The Morgan fingerprint density at radius 2 is 2.14 bits per heavy atom. The van der Waals surface area contributed by atoms with Gasteiger partial charge in [0.05, 0.1) is 18.3 Å². The van der Waals surface area contributed by atoms with Crippen LogP contribution in [0.4, 0.5) is 10.2 Å². The molecule has 0 unspecified atom stereocenters. The highest BCUT2D eigenvalue weighted by Crippen LogP contribution is 2.21. The van der Waals surface area contributed by atoms with Crippen LogP contribution in [0.25, 0.3) is 0 Å². The molecule has 0 bridgehead atoms. The largest absolute Gasteiger partial charge is 0.478 e. The predicted molar refractivity (Wildman–Crippen MR) is 99.9 cm³/mol. The Kier molecular flexibility index (Phi) is 5.74. The third kappa shape index (κ3) is 4.55. The van der Waals surface area contributed by atoms with Gasteiger partial charge in [0.2, 0.25) is 5.91 Å². The highest BCUT2D eigenvalue weighted by molar-refractivity contribution is 6.31. The second-order valence-corrected chi connectivity index (χ2v) is 6.53. The number of aromatic nitrogens is 4. The fraction of sp³-hybridized carbons (Fsp3) is 0.222. The summed E-state index contributed by atoms with van der Waals surface area (Å²) in [6, 6.07) is 6.13. The standard InChI is InChI=1S/C18H17ClFN5O3/c1-11-7-16(23-25(11)10-13-14(19)3-2-4-15(13)20)22-17(26)5-6-24-9-12(8-21-24)18(27)28/h2-4,7-9H,5-6,10H2,1H3,(H,27,28)(H,22,23,26). The molecule has 8 nitrogen and oxygen atoms in total. The fourth-order valence-electron chi connectivity index (χ4n) is 2.58. The van der Waals surface area contributed by atoms with E-state index in [1.54, 1.807) is 23.7 Å². The van der Waals surface area contributed by atoms with Crippen molar-refractivity contribution in [1.29, 1.82) is 0 Å². The van der Waals surface area contributed by atoms with Crippen LogP contribution in [-0.4, -0.2) is 36.5 Å². The molecule has 1 amide bonds. The Bertz CT molecular complexity index is 1010. The van der Waals surface area contributed by atoms with Crippen LogP contribution < -0.4 is 5.32 Å². The van der Waals surface area contributed by atoms with Gasteiger partial charge in [0.25, 0.3) is 0 Å². The Hall–Kier alpha value is -3.20. The van der Waals surface area contributed by atoms with E-state index in [1.165, 1.54) is 29.2 Å². The van der Waals surface area contributed by atoms with E-state index >= 15 is 0 Å². The number of aryl methyl sites for hydroxylation is 2. The van der Waals surface area contributed by atoms with E-state index in [0.717, 1.165) is 5.69 Å². The van der Waals surface area contributed by atoms with E-state index in [-0.39, 0.29) is 31.0 Å². The van der Waals surface area contributed by atoms with Crippen molar-refractivity contribution in [3.8, 4) is 0 Å². The Balaban J connectivity index is 1.61. The van der Waals surface area contributed by atoms with Gasteiger partial charge in [-0.05, 0) is 19.1 Å². The molecule has 10 heteroatoms. The van der Waals surface area contributed by atoms with Crippen molar-refractivity contribution in [3.05, 3.63) is 64.3 Å². The van der Waals surface area contributed by atoms with Gasteiger partial charge in [0.15, 0.2) is 5.82 Å². The van der Waals surface area contributed by atoms with Crippen LogP contribution in [-0.2, 0) is 17.9 Å². The van der Waals surface area contributed by atoms with E-state index in [9.17, 15) is 14.0 Å². The average molecular weight is 406 g/mol. The minimum absolute atomic E-state index is 0.0570. The third-order valence-electron chi connectivity index (χ3n) is 4.07. The molecule has 0 radical (unpaired) electrons. The molecule has 0 aliphatic rings. The lowest BCUT2D eigenvalue weighted by Crippen LogP contribution is -2.15. The minimum Gasteiger partial charge on any atom is -0.478 e. The van der Waals surface area contributed by atoms with Crippen LogP contribution in [0.3, 0.4) is 0 Å². The zero-order chi connectivity index (χ0) is 20.3. The van der Waals surface area contributed by atoms with Gasteiger partial charge in [0, 0.05) is 41.5 Å². The molecule has 3 rings (SSSR count). The molecule has 0 aliphatic heterocycles. The maximum Gasteiger partial charge on any atom is 0.338 e. The number of benzene rings is 1. The van der Waals surface area contributed by atoms with E-state index in [0.29, 0.717) is 16.4 Å². The van der Waals surface area contributed by atoms with Gasteiger partial charge in [-0.25, -0.2) is 9.18 Å². The van der Waals surface area contributed by atoms with Crippen molar-refractivity contribution in [1.82, 2.24) is 19.6 Å².